The van der Waals surface area contributed by atoms with Crippen molar-refractivity contribution in [1.29, 1.82) is 5.26 Å². The van der Waals surface area contributed by atoms with Crippen LogP contribution in [0, 0.1) is 11.3 Å². The molecule has 0 aliphatic carbocycles. The van der Waals surface area contributed by atoms with E-state index in [9.17, 15) is 10.1 Å². The van der Waals surface area contributed by atoms with Crippen molar-refractivity contribution in [2.45, 2.75) is 39.5 Å². The van der Waals surface area contributed by atoms with E-state index in [4.69, 9.17) is 0 Å². The second-order valence-electron chi connectivity index (χ2n) is 5.57. The van der Waals surface area contributed by atoms with Gasteiger partial charge in [0.05, 0.1) is 11.6 Å². The van der Waals surface area contributed by atoms with Gasteiger partial charge in [-0.05, 0) is 44.4 Å². The van der Waals surface area contributed by atoms with Gasteiger partial charge in [0, 0.05) is 5.41 Å². The van der Waals surface area contributed by atoms with Crippen molar-refractivity contribution in [1.82, 2.24) is 0 Å². The first-order chi connectivity index (χ1) is 9.42. The first kappa shape index (κ1) is 15.9. The van der Waals surface area contributed by atoms with Crippen LogP contribution in [0.2, 0.25) is 0 Å². The van der Waals surface area contributed by atoms with Crippen molar-refractivity contribution in [3.05, 3.63) is 58.7 Å². The number of hydrogen-bond acceptors (Lipinski definition) is 2. The lowest BCUT2D eigenvalue weighted by molar-refractivity contribution is -0.104. The maximum absolute atomic E-state index is 11.0. The third kappa shape index (κ3) is 3.93. The first-order valence-electron chi connectivity index (χ1n) is 6.70. The quantitative estimate of drug-likeness (QED) is 0.453. The Morgan fingerprint density at radius 1 is 1.30 bits per heavy atom. The molecular formula is C18H21NO. The first-order valence-corrected chi connectivity index (χ1v) is 6.70. The summed E-state index contributed by atoms with van der Waals surface area (Å²) >= 11 is 0. The fraction of sp³-hybridized carbons (Fsp3) is 0.333. The zero-order chi connectivity index (χ0) is 15.2. The van der Waals surface area contributed by atoms with Gasteiger partial charge in [-0.1, -0.05) is 42.8 Å². The van der Waals surface area contributed by atoms with Crippen molar-refractivity contribution >= 4 is 6.29 Å². The number of hydrogen-bond donors (Lipinski definition) is 0. The smallest absolute Gasteiger partial charge is 0.145 e. The van der Waals surface area contributed by atoms with Gasteiger partial charge in [0.15, 0.2) is 0 Å². The lowest BCUT2D eigenvalue weighted by Gasteiger charge is -2.27. The minimum absolute atomic E-state index is 0.353. The number of carbonyl (C=O) groups excluding carboxylic acids is 1. The highest BCUT2D eigenvalue weighted by Gasteiger charge is 2.25. The van der Waals surface area contributed by atoms with E-state index in [2.05, 4.69) is 19.1 Å². The molecule has 1 aromatic rings. The van der Waals surface area contributed by atoms with E-state index in [-0.39, 0.29) is 5.41 Å². The van der Waals surface area contributed by atoms with Gasteiger partial charge in [-0.15, -0.1) is 0 Å². The molecule has 0 spiro atoms. The van der Waals surface area contributed by atoms with Crippen molar-refractivity contribution in [2.24, 2.45) is 0 Å². The Morgan fingerprint density at radius 3 is 2.50 bits per heavy atom. The predicted octanol–water partition coefficient (Wildman–Crippen LogP) is 4.32. The Morgan fingerprint density at radius 2 is 1.95 bits per heavy atom. The zero-order valence-corrected chi connectivity index (χ0v) is 12.6. The molecule has 0 N–H and O–H groups in total. The maximum atomic E-state index is 11.0. The van der Waals surface area contributed by atoms with Crippen LogP contribution in [0.15, 0.2) is 47.6 Å². The lowest BCUT2D eigenvalue weighted by atomic mass is 9.76. The van der Waals surface area contributed by atoms with Gasteiger partial charge < -0.3 is 0 Å². The summed E-state index contributed by atoms with van der Waals surface area (Å²) < 4.78 is 0. The SMILES string of the molecule is CC(C)=CCC(C)(/C=C(\C)C=O)c1ccccc1C#N. The number of rotatable bonds is 5. The molecule has 0 fully saturated rings. The molecule has 0 aliphatic heterocycles. The number of aldehydes is 1. The van der Waals surface area contributed by atoms with Crippen molar-refractivity contribution in [3.63, 3.8) is 0 Å². The monoisotopic (exact) mass is 267 g/mol. The lowest BCUT2D eigenvalue weighted by Crippen LogP contribution is -2.20. The minimum Gasteiger partial charge on any atom is -0.298 e. The molecule has 0 radical (unpaired) electrons. The molecule has 1 unspecified atom stereocenters. The molecule has 104 valence electrons. The minimum atomic E-state index is -0.353. The average Bonchev–Trinajstić information content (AvgIpc) is 2.45. The van der Waals surface area contributed by atoms with Crippen LogP contribution < -0.4 is 0 Å². The topological polar surface area (TPSA) is 40.9 Å². The third-order valence-electron chi connectivity index (χ3n) is 3.33. The molecule has 0 aliphatic rings. The number of nitrogens with zero attached hydrogens (tertiary/aromatic N) is 1. The molecule has 1 aromatic carbocycles. The van der Waals surface area contributed by atoms with Crippen LogP contribution in [0.1, 0.15) is 45.2 Å². The van der Waals surface area contributed by atoms with E-state index >= 15 is 0 Å². The second kappa shape index (κ2) is 6.86. The van der Waals surface area contributed by atoms with Gasteiger partial charge in [-0.3, -0.25) is 4.79 Å². The molecule has 2 nitrogen and oxygen atoms in total. The van der Waals surface area contributed by atoms with Crippen molar-refractivity contribution in [3.8, 4) is 6.07 Å². The highest BCUT2D eigenvalue weighted by atomic mass is 16.1. The number of nitriles is 1. The fourth-order valence-electron chi connectivity index (χ4n) is 2.28. The summed E-state index contributed by atoms with van der Waals surface area (Å²) in [6.07, 6.45) is 5.72. The van der Waals surface area contributed by atoms with E-state index in [0.717, 1.165) is 18.3 Å². The van der Waals surface area contributed by atoms with E-state index in [0.29, 0.717) is 11.1 Å². The molecule has 1 rings (SSSR count). The van der Waals surface area contributed by atoms with Gasteiger partial charge in [-0.2, -0.15) is 5.26 Å². The molecular weight excluding hydrogens is 246 g/mol. The Bertz CT molecular complexity index is 586. The number of allylic oxidation sites excluding steroid dienone is 4. The van der Waals surface area contributed by atoms with Crippen molar-refractivity contribution < 1.29 is 4.79 Å². The second-order valence-corrected chi connectivity index (χ2v) is 5.57. The summed E-state index contributed by atoms with van der Waals surface area (Å²) in [7, 11) is 0. The van der Waals surface area contributed by atoms with Gasteiger partial charge in [-0.25, -0.2) is 0 Å². The van der Waals surface area contributed by atoms with E-state index in [1.54, 1.807) is 6.92 Å². The van der Waals surface area contributed by atoms with Gasteiger partial charge >= 0.3 is 0 Å². The number of carbonyl (C=O) groups is 1. The van der Waals surface area contributed by atoms with Gasteiger partial charge in [0.25, 0.3) is 0 Å². The molecule has 1 atom stereocenters. The standard InChI is InChI=1S/C18H21NO/c1-14(2)9-10-18(4,11-15(3)13-20)17-8-6-5-7-16(17)12-19/h5-9,11,13H,10H2,1-4H3/b15-11+. The van der Waals surface area contributed by atoms with E-state index in [1.807, 2.05) is 44.2 Å². The molecule has 0 saturated carbocycles. The summed E-state index contributed by atoms with van der Waals surface area (Å²) in [6, 6.07) is 9.82. The summed E-state index contributed by atoms with van der Waals surface area (Å²) in [5.41, 5.74) is 3.17. The Kier molecular flexibility index (Phi) is 5.46. The van der Waals surface area contributed by atoms with E-state index < -0.39 is 0 Å². The molecule has 20 heavy (non-hydrogen) atoms. The summed E-state index contributed by atoms with van der Waals surface area (Å²) in [4.78, 5) is 11.0. The maximum Gasteiger partial charge on any atom is 0.145 e. The van der Waals surface area contributed by atoms with Crippen LogP contribution >= 0.6 is 0 Å². The predicted molar refractivity (Wildman–Crippen MR) is 82.4 cm³/mol. The molecule has 0 heterocycles. The normalized spacial score (nSPS) is 14.1. The summed E-state index contributed by atoms with van der Waals surface area (Å²) in [5.74, 6) is 0. The van der Waals surface area contributed by atoms with Crippen LogP contribution in [0.3, 0.4) is 0 Å². The highest BCUT2D eigenvalue weighted by molar-refractivity contribution is 5.73. The third-order valence-corrected chi connectivity index (χ3v) is 3.33. The van der Waals surface area contributed by atoms with Gasteiger partial charge in [0.1, 0.15) is 6.29 Å². The van der Waals surface area contributed by atoms with Crippen LogP contribution in [0.25, 0.3) is 0 Å². The molecule has 2 heteroatoms. The Balaban J connectivity index is 3.41. The summed E-state index contributed by atoms with van der Waals surface area (Å²) in [5, 5.41) is 9.29. The Hall–Kier alpha value is -2.14. The van der Waals surface area contributed by atoms with Gasteiger partial charge in [0.2, 0.25) is 0 Å². The highest BCUT2D eigenvalue weighted by Crippen LogP contribution is 2.33. The van der Waals surface area contributed by atoms with Crippen LogP contribution in [0.5, 0.6) is 0 Å². The molecule has 0 saturated heterocycles. The number of benzene rings is 1. The van der Waals surface area contributed by atoms with E-state index in [1.165, 1.54) is 5.57 Å². The molecule has 0 amide bonds. The zero-order valence-electron chi connectivity index (χ0n) is 12.6. The molecule has 0 bridgehead atoms. The average molecular weight is 267 g/mol. The van der Waals surface area contributed by atoms with Crippen LogP contribution in [-0.2, 0) is 10.2 Å². The Labute approximate surface area is 121 Å². The molecule has 0 aromatic heterocycles. The van der Waals surface area contributed by atoms with Crippen molar-refractivity contribution in [2.75, 3.05) is 0 Å². The van der Waals surface area contributed by atoms with Crippen LogP contribution in [0.4, 0.5) is 0 Å². The summed E-state index contributed by atoms with van der Waals surface area (Å²) in [6.45, 7) is 7.96. The fourth-order valence-corrected chi connectivity index (χ4v) is 2.28. The van der Waals surface area contributed by atoms with Crippen LogP contribution in [-0.4, -0.2) is 6.29 Å². The largest absolute Gasteiger partial charge is 0.298 e.